The number of nitrogens with zero attached hydrogens (tertiary/aromatic N) is 1. The number of carbonyl (C=O) groups excluding carboxylic acids is 1. The van der Waals surface area contributed by atoms with Crippen molar-refractivity contribution in [2.45, 2.75) is 19.3 Å². The SMILES string of the molecule is O=C(CN1CCCC(CO)C1)NCCc1ccc(F)cc1. The summed E-state index contributed by atoms with van der Waals surface area (Å²) in [5.41, 5.74) is 1.01. The maximum absolute atomic E-state index is 12.8. The number of hydrogen-bond acceptors (Lipinski definition) is 3. The predicted molar refractivity (Wildman–Crippen MR) is 79.4 cm³/mol. The van der Waals surface area contributed by atoms with Gasteiger partial charge in [-0.1, -0.05) is 12.1 Å². The van der Waals surface area contributed by atoms with Gasteiger partial charge in [-0.05, 0) is 49.4 Å². The van der Waals surface area contributed by atoms with Gasteiger partial charge < -0.3 is 10.4 Å². The third-order valence-electron chi connectivity index (χ3n) is 3.88. The number of hydrogen-bond donors (Lipinski definition) is 2. The molecule has 0 aliphatic carbocycles. The molecular weight excluding hydrogens is 271 g/mol. The highest BCUT2D eigenvalue weighted by atomic mass is 19.1. The maximum Gasteiger partial charge on any atom is 0.234 e. The fourth-order valence-corrected chi connectivity index (χ4v) is 2.70. The maximum atomic E-state index is 12.8. The first-order chi connectivity index (χ1) is 10.2. The highest BCUT2D eigenvalue weighted by Crippen LogP contribution is 2.15. The number of aliphatic hydroxyl groups excluding tert-OH is 1. The van der Waals surface area contributed by atoms with Gasteiger partial charge in [0, 0.05) is 19.7 Å². The van der Waals surface area contributed by atoms with Crippen LogP contribution in [0.3, 0.4) is 0 Å². The van der Waals surface area contributed by atoms with Crippen LogP contribution in [0.1, 0.15) is 18.4 Å². The molecule has 1 amide bonds. The topological polar surface area (TPSA) is 52.6 Å². The Morgan fingerprint density at radius 3 is 2.86 bits per heavy atom. The Bertz CT molecular complexity index is 450. The van der Waals surface area contributed by atoms with E-state index in [1.807, 2.05) is 0 Å². The quantitative estimate of drug-likeness (QED) is 0.828. The largest absolute Gasteiger partial charge is 0.396 e. The van der Waals surface area contributed by atoms with Gasteiger partial charge >= 0.3 is 0 Å². The van der Waals surface area contributed by atoms with Crippen LogP contribution in [-0.4, -0.2) is 48.7 Å². The van der Waals surface area contributed by atoms with E-state index in [0.29, 0.717) is 25.4 Å². The Hall–Kier alpha value is -1.46. The molecule has 1 aromatic rings. The summed E-state index contributed by atoms with van der Waals surface area (Å²) >= 11 is 0. The number of likely N-dealkylation sites (tertiary alicyclic amines) is 1. The monoisotopic (exact) mass is 294 g/mol. The highest BCUT2D eigenvalue weighted by Gasteiger charge is 2.20. The molecule has 116 valence electrons. The van der Waals surface area contributed by atoms with Crippen LogP contribution in [-0.2, 0) is 11.2 Å². The zero-order chi connectivity index (χ0) is 15.1. The minimum absolute atomic E-state index is 0.00991. The molecule has 1 aromatic carbocycles. The van der Waals surface area contributed by atoms with E-state index in [1.54, 1.807) is 12.1 Å². The van der Waals surface area contributed by atoms with Crippen LogP contribution in [0.15, 0.2) is 24.3 Å². The number of piperidine rings is 1. The third kappa shape index (κ3) is 5.44. The molecular formula is C16H23FN2O2. The Balaban J connectivity index is 1.66. The van der Waals surface area contributed by atoms with Crippen molar-refractivity contribution in [3.63, 3.8) is 0 Å². The van der Waals surface area contributed by atoms with Crippen molar-refractivity contribution in [2.24, 2.45) is 5.92 Å². The van der Waals surface area contributed by atoms with Crippen LogP contribution in [0, 0.1) is 11.7 Å². The molecule has 0 spiro atoms. The van der Waals surface area contributed by atoms with Gasteiger partial charge in [0.2, 0.25) is 5.91 Å². The molecule has 0 saturated carbocycles. The molecule has 0 radical (unpaired) electrons. The van der Waals surface area contributed by atoms with Crippen molar-refractivity contribution >= 4 is 5.91 Å². The van der Waals surface area contributed by atoms with Gasteiger partial charge in [-0.25, -0.2) is 4.39 Å². The second-order valence-corrected chi connectivity index (χ2v) is 5.65. The van der Waals surface area contributed by atoms with Gasteiger partial charge in [0.05, 0.1) is 6.54 Å². The van der Waals surface area contributed by atoms with Gasteiger partial charge in [-0.2, -0.15) is 0 Å². The molecule has 1 fully saturated rings. The van der Waals surface area contributed by atoms with Gasteiger partial charge in [0.25, 0.3) is 0 Å². The van der Waals surface area contributed by atoms with E-state index in [2.05, 4.69) is 10.2 Å². The Labute approximate surface area is 125 Å². The molecule has 4 nitrogen and oxygen atoms in total. The van der Waals surface area contributed by atoms with Crippen molar-refractivity contribution in [2.75, 3.05) is 32.8 Å². The average molecular weight is 294 g/mol. The molecule has 1 unspecified atom stereocenters. The van der Waals surface area contributed by atoms with Crippen molar-refractivity contribution in [1.82, 2.24) is 10.2 Å². The number of aliphatic hydroxyl groups is 1. The summed E-state index contributed by atoms with van der Waals surface area (Å²) in [4.78, 5) is 14.0. The van der Waals surface area contributed by atoms with E-state index < -0.39 is 0 Å². The van der Waals surface area contributed by atoms with Gasteiger partial charge in [0.1, 0.15) is 5.82 Å². The van der Waals surface area contributed by atoms with E-state index in [-0.39, 0.29) is 18.3 Å². The first-order valence-corrected chi connectivity index (χ1v) is 7.51. The van der Waals surface area contributed by atoms with Crippen LogP contribution in [0.25, 0.3) is 0 Å². The van der Waals surface area contributed by atoms with E-state index in [4.69, 9.17) is 0 Å². The highest BCUT2D eigenvalue weighted by molar-refractivity contribution is 5.78. The molecule has 1 saturated heterocycles. The fraction of sp³-hybridized carbons (Fsp3) is 0.562. The summed E-state index contributed by atoms with van der Waals surface area (Å²) in [5.74, 6) is 0.0628. The predicted octanol–water partition coefficient (Wildman–Crippen LogP) is 1.19. The molecule has 0 bridgehead atoms. The number of rotatable bonds is 6. The van der Waals surface area contributed by atoms with E-state index in [9.17, 15) is 14.3 Å². The number of amides is 1. The van der Waals surface area contributed by atoms with E-state index in [0.717, 1.165) is 31.5 Å². The smallest absolute Gasteiger partial charge is 0.234 e. The van der Waals surface area contributed by atoms with Crippen molar-refractivity contribution in [1.29, 1.82) is 0 Å². The lowest BCUT2D eigenvalue weighted by atomic mass is 9.99. The van der Waals surface area contributed by atoms with Gasteiger partial charge in [-0.15, -0.1) is 0 Å². The summed E-state index contributed by atoms with van der Waals surface area (Å²) in [6.07, 6.45) is 2.78. The molecule has 1 heterocycles. The molecule has 21 heavy (non-hydrogen) atoms. The molecule has 2 rings (SSSR count). The summed E-state index contributed by atoms with van der Waals surface area (Å²) in [7, 11) is 0. The molecule has 1 atom stereocenters. The van der Waals surface area contributed by atoms with Crippen LogP contribution in [0.4, 0.5) is 4.39 Å². The lowest BCUT2D eigenvalue weighted by Gasteiger charge is -2.31. The van der Waals surface area contributed by atoms with Gasteiger partial charge in [-0.3, -0.25) is 9.69 Å². The zero-order valence-corrected chi connectivity index (χ0v) is 12.2. The number of halogens is 1. The van der Waals surface area contributed by atoms with Crippen molar-refractivity contribution in [3.8, 4) is 0 Å². The van der Waals surface area contributed by atoms with Crippen LogP contribution >= 0.6 is 0 Å². The van der Waals surface area contributed by atoms with E-state index in [1.165, 1.54) is 12.1 Å². The number of carbonyl (C=O) groups is 1. The first-order valence-electron chi connectivity index (χ1n) is 7.51. The van der Waals surface area contributed by atoms with Gasteiger partial charge in [0.15, 0.2) is 0 Å². The summed E-state index contributed by atoms with van der Waals surface area (Å²) in [5, 5.41) is 12.1. The lowest BCUT2D eigenvalue weighted by molar-refractivity contribution is -0.122. The Kier molecular flexibility index (Phi) is 6.14. The number of benzene rings is 1. The fourth-order valence-electron chi connectivity index (χ4n) is 2.70. The number of nitrogens with one attached hydrogen (secondary N) is 1. The zero-order valence-electron chi connectivity index (χ0n) is 12.2. The molecule has 1 aliphatic rings. The van der Waals surface area contributed by atoms with Crippen LogP contribution in [0.2, 0.25) is 0 Å². The molecule has 1 aliphatic heterocycles. The summed E-state index contributed by atoms with van der Waals surface area (Å²) in [6, 6.07) is 6.33. The molecule has 5 heteroatoms. The normalized spacial score (nSPS) is 19.4. The summed E-state index contributed by atoms with van der Waals surface area (Å²) in [6.45, 7) is 2.86. The second kappa shape index (κ2) is 8.10. The van der Waals surface area contributed by atoms with Crippen molar-refractivity contribution < 1.29 is 14.3 Å². The van der Waals surface area contributed by atoms with E-state index >= 15 is 0 Å². The minimum Gasteiger partial charge on any atom is -0.396 e. The molecule has 2 N–H and O–H groups in total. The molecule has 0 aromatic heterocycles. The summed E-state index contributed by atoms with van der Waals surface area (Å²) < 4.78 is 12.8. The van der Waals surface area contributed by atoms with Crippen LogP contribution < -0.4 is 5.32 Å². The second-order valence-electron chi connectivity index (χ2n) is 5.65. The van der Waals surface area contributed by atoms with Crippen molar-refractivity contribution in [3.05, 3.63) is 35.6 Å². The average Bonchev–Trinajstić information content (AvgIpc) is 2.49. The Morgan fingerprint density at radius 2 is 2.14 bits per heavy atom. The Morgan fingerprint density at radius 1 is 1.38 bits per heavy atom. The standard InChI is InChI=1S/C16H23FN2O2/c17-15-5-3-13(4-6-15)7-8-18-16(21)11-19-9-1-2-14(10-19)12-20/h3-6,14,20H,1-2,7-12H2,(H,18,21). The lowest BCUT2D eigenvalue weighted by Crippen LogP contribution is -2.43. The third-order valence-corrected chi connectivity index (χ3v) is 3.88. The first kappa shape index (κ1) is 15.9. The van der Waals surface area contributed by atoms with Crippen LogP contribution in [0.5, 0.6) is 0 Å². The minimum atomic E-state index is -0.244.